The molecule has 0 radical (unpaired) electrons. The van der Waals surface area contributed by atoms with Crippen molar-refractivity contribution < 1.29 is 18.3 Å². The Morgan fingerprint density at radius 3 is 2.57 bits per heavy atom. The zero-order chi connectivity index (χ0) is 16.4. The molecule has 5 heteroatoms. The molecule has 0 heterocycles. The van der Waals surface area contributed by atoms with Gasteiger partial charge in [0.25, 0.3) is 5.91 Å². The van der Waals surface area contributed by atoms with Crippen LogP contribution in [0.2, 0.25) is 0 Å². The van der Waals surface area contributed by atoms with Gasteiger partial charge in [-0.15, -0.1) is 0 Å². The number of benzene rings is 2. The molecule has 120 valence electrons. The third kappa shape index (κ3) is 3.33. The number of fused-ring (bicyclic) bond motifs is 1. The first-order valence-corrected chi connectivity index (χ1v) is 7.48. The first-order chi connectivity index (χ1) is 11.0. The molecule has 0 spiro atoms. The van der Waals surface area contributed by atoms with Crippen LogP contribution in [0.1, 0.15) is 34.5 Å². The molecule has 2 aromatic rings. The van der Waals surface area contributed by atoms with Gasteiger partial charge in [0.15, 0.2) is 0 Å². The predicted molar refractivity (Wildman–Crippen MR) is 82.6 cm³/mol. The molecule has 1 aliphatic rings. The Morgan fingerprint density at radius 2 is 1.87 bits per heavy atom. The average Bonchev–Trinajstić information content (AvgIpc) is 2.83. The molecule has 0 fully saturated rings. The lowest BCUT2D eigenvalue weighted by atomic mass is 10.0. The van der Waals surface area contributed by atoms with Crippen molar-refractivity contribution in [2.24, 2.45) is 5.92 Å². The van der Waals surface area contributed by atoms with Crippen LogP contribution in [0.15, 0.2) is 48.5 Å². The van der Waals surface area contributed by atoms with Crippen LogP contribution in [0.25, 0.3) is 0 Å². The number of hydrogen-bond acceptors (Lipinski definition) is 2. The van der Waals surface area contributed by atoms with Crippen molar-refractivity contribution in [2.75, 3.05) is 0 Å². The third-order valence-electron chi connectivity index (χ3n) is 4.13. The van der Waals surface area contributed by atoms with Gasteiger partial charge in [0.1, 0.15) is 5.75 Å². The molecule has 0 saturated carbocycles. The van der Waals surface area contributed by atoms with E-state index in [0.717, 1.165) is 12.0 Å². The van der Waals surface area contributed by atoms with Crippen molar-refractivity contribution in [1.82, 2.24) is 5.32 Å². The highest BCUT2D eigenvalue weighted by Crippen LogP contribution is 2.35. The van der Waals surface area contributed by atoms with Crippen LogP contribution in [0.4, 0.5) is 8.78 Å². The minimum atomic E-state index is -2.87. The molecule has 0 bridgehead atoms. The van der Waals surface area contributed by atoms with Gasteiger partial charge in [-0.2, -0.15) is 8.78 Å². The van der Waals surface area contributed by atoms with Gasteiger partial charge in [0.05, 0.1) is 6.04 Å². The number of hydrogen-bond donors (Lipinski definition) is 1. The fourth-order valence-electron chi connectivity index (χ4n) is 3.03. The Morgan fingerprint density at radius 1 is 1.17 bits per heavy atom. The summed E-state index contributed by atoms with van der Waals surface area (Å²) in [5, 5.41) is 3.03. The molecule has 2 atom stereocenters. The molecular weight excluding hydrogens is 300 g/mol. The quantitative estimate of drug-likeness (QED) is 0.927. The van der Waals surface area contributed by atoms with Gasteiger partial charge in [-0.05, 0) is 47.7 Å². The highest BCUT2D eigenvalue weighted by molar-refractivity contribution is 5.94. The number of rotatable bonds is 4. The van der Waals surface area contributed by atoms with Crippen molar-refractivity contribution in [3.05, 3.63) is 65.2 Å². The fourth-order valence-corrected chi connectivity index (χ4v) is 3.03. The highest BCUT2D eigenvalue weighted by Gasteiger charge is 2.30. The van der Waals surface area contributed by atoms with E-state index in [1.54, 1.807) is 0 Å². The number of ether oxygens (including phenoxy) is 1. The molecule has 0 saturated heterocycles. The van der Waals surface area contributed by atoms with E-state index < -0.39 is 6.61 Å². The lowest BCUT2D eigenvalue weighted by Gasteiger charge is -2.19. The largest absolute Gasteiger partial charge is 0.435 e. The lowest BCUT2D eigenvalue weighted by Crippen LogP contribution is -2.30. The van der Waals surface area contributed by atoms with Crippen LogP contribution in [0.3, 0.4) is 0 Å². The van der Waals surface area contributed by atoms with Crippen LogP contribution in [-0.2, 0) is 6.42 Å². The summed E-state index contributed by atoms with van der Waals surface area (Å²) in [7, 11) is 0. The molecule has 2 aromatic carbocycles. The SMILES string of the molecule is CC1Cc2ccccc2C1NC(=O)c1ccc(OC(F)F)cc1. The van der Waals surface area contributed by atoms with E-state index in [2.05, 4.69) is 23.0 Å². The Kier molecular flexibility index (Phi) is 4.28. The Labute approximate surface area is 133 Å². The highest BCUT2D eigenvalue weighted by atomic mass is 19.3. The summed E-state index contributed by atoms with van der Waals surface area (Å²) in [4.78, 5) is 12.4. The van der Waals surface area contributed by atoms with Crippen molar-refractivity contribution in [2.45, 2.75) is 26.0 Å². The van der Waals surface area contributed by atoms with Gasteiger partial charge in [-0.1, -0.05) is 31.2 Å². The predicted octanol–water partition coefficient (Wildman–Crippen LogP) is 3.95. The maximum atomic E-state index is 12.4. The maximum absolute atomic E-state index is 12.4. The van der Waals surface area contributed by atoms with Gasteiger partial charge in [-0.3, -0.25) is 4.79 Å². The second-order valence-corrected chi connectivity index (χ2v) is 5.73. The molecule has 0 aromatic heterocycles. The number of halogens is 2. The number of alkyl halides is 2. The van der Waals surface area contributed by atoms with Gasteiger partial charge in [0, 0.05) is 5.56 Å². The van der Waals surface area contributed by atoms with E-state index in [1.165, 1.54) is 29.8 Å². The zero-order valence-corrected chi connectivity index (χ0v) is 12.6. The van der Waals surface area contributed by atoms with E-state index in [4.69, 9.17) is 0 Å². The number of carbonyl (C=O) groups excluding carboxylic acids is 1. The number of carbonyl (C=O) groups is 1. The van der Waals surface area contributed by atoms with Crippen molar-refractivity contribution in [3.63, 3.8) is 0 Å². The molecular formula is C18H17F2NO2. The number of nitrogens with one attached hydrogen (secondary N) is 1. The van der Waals surface area contributed by atoms with E-state index in [-0.39, 0.29) is 17.7 Å². The van der Waals surface area contributed by atoms with Crippen LogP contribution >= 0.6 is 0 Å². The molecule has 0 aliphatic heterocycles. The second kappa shape index (κ2) is 6.36. The normalized spacial score (nSPS) is 19.5. The monoisotopic (exact) mass is 317 g/mol. The minimum Gasteiger partial charge on any atom is -0.435 e. The smallest absolute Gasteiger partial charge is 0.387 e. The zero-order valence-electron chi connectivity index (χ0n) is 12.6. The van der Waals surface area contributed by atoms with Crippen LogP contribution in [-0.4, -0.2) is 12.5 Å². The van der Waals surface area contributed by atoms with Crippen LogP contribution in [0, 0.1) is 5.92 Å². The van der Waals surface area contributed by atoms with Gasteiger partial charge in [0.2, 0.25) is 0 Å². The maximum Gasteiger partial charge on any atom is 0.387 e. The van der Waals surface area contributed by atoms with E-state index in [9.17, 15) is 13.6 Å². The summed E-state index contributed by atoms with van der Waals surface area (Å²) in [5.41, 5.74) is 2.82. The molecule has 23 heavy (non-hydrogen) atoms. The van der Waals surface area contributed by atoms with Crippen LogP contribution in [0.5, 0.6) is 5.75 Å². The lowest BCUT2D eigenvalue weighted by molar-refractivity contribution is -0.0498. The third-order valence-corrected chi connectivity index (χ3v) is 4.13. The topological polar surface area (TPSA) is 38.3 Å². The van der Waals surface area contributed by atoms with Gasteiger partial charge < -0.3 is 10.1 Å². The first-order valence-electron chi connectivity index (χ1n) is 7.48. The first kappa shape index (κ1) is 15.5. The average molecular weight is 317 g/mol. The van der Waals surface area contributed by atoms with Crippen molar-refractivity contribution >= 4 is 5.91 Å². The molecule has 3 rings (SSSR count). The Balaban J connectivity index is 1.72. The Hall–Kier alpha value is -2.43. The van der Waals surface area contributed by atoms with Crippen molar-refractivity contribution in [1.29, 1.82) is 0 Å². The fraction of sp³-hybridized carbons (Fsp3) is 0.278. The summed E-state index contributed by atoms with van der Waals surface area (Å²) < 4.78 is 28.5. The summed E-state index contributed by atoms with van der Waals surface area (Å²) in [5.74, 6) is 0.135. The molecule has 1 aliphatic carbocycles. The molecule has 2 unspecified atom stereocenters. The van der Waals surface area contributed by atoms with Crippen LogP contribution < -0.4 is 10.1 Å². The molecule has 1 N–H and O–H groups in total. The summed E-state index contributed by atoms with van der Waals surface area (Å²) in [6.45, 7) is -0.768. The minimum absolute atomic E-state index is 0.0318. The second-order valence-electron chi connectivity index (χ2n) is 5.73. The molecule has 1 amide bonds. The van der Waals surface area contributed by atoms with E-state index in [1.807, 2.05) is 18.2 Å². The van der Waals surface area contributed by atoms with Crippen molar-refractivity contribution in [3.8, 4) is 5.75 Å². The molecule has 3 nitrogen and oxygen atoms in total. The van der Waals surface area contributed by atoms with E-state index in [0.29, 0.717) is 11.5 Å². The van der Waals surface area contributed by atoms with Gasteiger partial charge in [-0.25, -0.2) is 0 Å². The van der Waals surface area contributed by atoms with Gasteiger partial charge >= 0.3 is 6.61 Å². The van der Waals surface area contributed by atoms with E-state index >= 15 is 0 Å². The summed E-state index contributed by atoms with van der Waals surface area (Å²) in [6.07, 6.45) is 0.933. The standard InChI is InChI=1S/C18H17F2NO2/c1-11-10-13-4-2-3-5-15(13)16(11)21-17(22)12-6-8-14(9-7-12)23-18(19)20/h2-9,11,16,18H,10H2,1H3,(H,21,22). The summed E-state index contributed by atoms with van der Waals surface area (Å²) >= 11 is 0. The Bertz CT molecular complexity index is 700. The number of amides is 1. The summed E-state index contributed by atoms with van der Waals surface area (Å²) in [6, 6.07) is 13.7.